The summed E-state index contributed by atoms with van der Waals surface area (Å²) >= 11 is 9.09. The van der Waals surface area contributed by atoms with Gasteiger partial charge in [-0.3, -0.25) is 20.4 Å². The van der Waals surface area contributed by atoms with Crippen molar-refractivity contribution in [2.75, 3.05) is 7.11 Å². The first-order valence-corrected chi connectivity index (χ1v) is 8.43. The van der Waals surface area contributed by atoms with E-state index in [0.717, 1.165) is 0 Å². The third-order valence-corrected chi connectivity index (χ3v) is 4.08. The summed E-state index contributed by atoms with van der Waals surface area (Å²) < 4.78 is 11.2. The maximum atomic E-state index is 12.1. The van der Waals surface area contributed by atoms with E-state index in [0.29, 0.717) is 26.6 Å². The molecular formula is C17H16BrClN2O4. The first-order chi connectivity index (χ1) is 11.9. The van der Waals surface area contributed by atoms with Gasteiger partial charge in [0.05, 0.1) is 11.6 Å². The van der Waals surface area contributed by atoms with Crippen molar-refractivity contribution in [1.82, 2.24) is 10.9 Å². The van der Waals surface area contributed by atoms with Gasteiger partial charge in [-0.2, -0.15) is 0 Å². The highest BCUT2D eigenvalue weighted by Gasteiger charge is 2.16. The molecule has 0 radical (unpaired) electrons. The van der Waals surface area contributed by atoms with Gasteiger partial charge in [0.15, 0.2) is 6.10 Å². The van der Waals surface area contributed by atoms with Crippen LogP contribution in [0.1, 0.15) is 17.3 Å². The SMILES string of the molecule is COc1ccc(C(=O)NNC(=O)C(C)Oc2ccc(Cl)cc2)cc1Br. The first-order valence-electron chi connectivity index (χ1n) is 7.26. The minimum atomic E-state index is -0.802. The highest BCUT2D eigenvalue weighted by Crippen LogP contribution is 2.25. The zero-order valence-corrected chi connectivity index (χ0v) is 15.8. The Morgan fingerprint density at radius 2 is 1.80 bits per heavy atom. The van der Waals surface area contributed by atoms with Gasteiger partial charge in [-0.05, 0) is 65.3 Å². The third kappa shape index (κ3) is 5.37. The lowest BCUT2D eigenvalue weighted by Crippen LogP contribution is -2.47. The van der Waals surface area contributed by atoms with E-state index in [2.05, 4.69) is 26.8 Å². The number of rotatable bonds is 5. The Labute approximate surface area is 158 Å². The number of methoxy groups -OCH3 is 1. The average molecular weight is 428 g/mol. The second-order valence-corrected chi connectivity index (χ2v) is 6.30. The predicted molar refractivity (Wildman–Crippen MR) is 97.8 cm³/mol. The molecule has 0 aromatic heterocycles. The Bertz CT molecular complexity index is 768. The summed E-state index contributed by atoms with van der Waals surface area (Å²) in [5.41, 5.74) is 5.02. The minimum Gasteiger partial charge on any atom is -0.496 e. The topological polar surface area (TPSA) is 76.7 Å². The Kier molecular flexibility index (Phi) is 6.66. The number of hydrazine groups is 1. The zero-order chi connectivity index (χ0) is 18.4. The van der Waals surface area contributed by atoms with Gasteiger partial charge in [0, 0.05) is 10.6 Å². The van der Waals surface area contributed by atoms with Crippen LogP contribution in [0.4, 0.5) is 0 Å². The Morgan fingerprint density at radius 3 is 2.40 bits per heavy atom. The quantitative estimate of drug-likeness (QED) is 0.718. The van der Waals surface area contributed by atoms with E-state index in [1.165, 1.54) is 7.11 Å². The molecule has 1 unspecified atom stereocenters. The van der Waals surface area contributed by atoms with Crippen LogP contribution in [0, 0.1) is 0 Å². The largest absolute Gasteiger partial charge is 0.496 e. The van der Waals surface area contributed by atoms with E-state index in [-0.39, 0.29) is 0 Å². The molecule has 0 fully saturated rings. The van der Waals surface area contributed by atoms with Crippen molar-refractivity contribution >= 4 is 39.3 Å². The molecule has 8 heteroatoms. The molecule has 2 aromatic carbocycles. The Hall–Kier alpha value is -2.25. The monoisotopic (exact) mass is 426 g/mol. The van der Waals surface area contributed by atoms with Crippen LogP contribution >= 0.6 is 27.5 Å². The van der Waals surface area contributed by atoms with Crippen molar-refractivity contribution in [2.24, 2.45) is 0 Å². The molecule has 0 spiro atoms. The summed E-state index contributed by atoms with van der Waals surface area (Å²) in [6, 6.07) is 11.4. The number of hydrogen-bond acceptors (Lipinski definition) is 4. The molecule has 0 heterocycles. The summed E-state index contributed by atoms with van der Waals surface area (Å²) in [5.74, 6) is 0.148. The van der Waals surface area contributed by atoms with E-state index >= 15 is 0 Å². The number of carbonyl (C=O) groups is 2. The van der Waals surface area contributed by atoms with Crippen LogP contribution in [0.5, 0.6) is 11.5 Å². The molecule has 0 saturated carbocycles. The Morgan fingerprint density at radius 1 is 1.12 bits per heavy atom. The van der Waals surface area contributed by atoms with E-state index in [1.807, 2.05) is 0 Å². The van der Waals surface area contributed by atoms with Gasteiger partial charge < -0.3 is 9.47 Å². The average Bonchev–Trinajstić information content (AvgIpc) is 2.61. The van der Waals surface area contributed by atoms with Gasteiger partial charge >= 0.3 is 0 Å². The smallest absolute Gasteiger partial charge is 0.279 e. The van der Waals surface area contributed by atoms with Gasteiger partial charge in [0.1, 0.15) is 11.5 Å². The summed E-state index contributed by atoms with van der Waals surface area (Å²) in [4.78, 5) is 24.1. The summed E-state index contributed by atoms with van der Waals surface area (Å²) in [6.45, 7) is 1.57. The van der Waals surface area contributed by atoms with Crippen LogP contribution in [0.2, 0.25) is 5.02 Å². The van der Waals surface area contributed by atoms with Crippen LogP contribution in [-0.4, -0.2) is 25.0 Å². The fourth-order valence-electron chi connectivity index (χ4n) is 1.87. The van der Waals surface area contributed by atoms with E-state index in [1.54, 1.807) is 49.4 Å². The number of ether oxygens (including phenoxy) is 2. The van der Waals surface area contributed by atoms with Crippen molar-refractivity contribution in [1.29, 1.82) is 0 Å². The molecule has 2 N–H and O–H groups in total. The maximum Gasteiger partial charge on any atom is 0.279 e. The van der Waals surface area contributed by atoms with Crippen molar-refractivity contribution in [3.63, 3.8) is 0 Å². The fraction of sp³-hybridized carbons (Fsp3) is 0.176. The predicted octanol–water partition coefficient (Wildman–Crippen LogP) is 3.34. The molecular weight excluding hydrogens is 412 g/mol. The van der Waals surface area contributed by atoms with Gasteiger partial charge in [-0.1, -0.05) is 11.6 Å². The molecule has 0 aliphatic rings. The molecule has 2 rings (SSSR count). The highest BCUT2D eigenvalue weighted by molar-refractivity contribution is 9.10. The van der Waals surface area contributed by atoms with Gasteiger partial charge in [-0.15, -0.1) is 0 Å². The minimum absolute atomic E-state index is 0.360. The second kappa shape index (κ2) is 8.73. The molecule has 132 valence electrons. The zero-order valence-electron chi connectivity index (χ0n) is 13.5. The molecule has 1 atom stereocenters. The first kappa shape index (κ1) is 19.1. The van der Waals surface area contributed by atoms with Crippen LogP contribution in [-0.2, 0) is 4.79 Å². The number of halogens is 2. The highest BCUT2D eigenvalue weighted by atomic mass is 79.9. The number of benzene rings is 2. The van der Waals surface area contributed by atoms with Crippen LogP contribution in [0.25, 0.3) is 0 Å². The second-order valence-electron chi connectivity index (χ2n) is 5.01. The lowest BCUT2D eigenvalue weighted by molar-refractivity contribution is -0.128. The van der Waals surface area contributed by atoms with E-state index in [4.69, 9.17) is 21.1 Å². The number of amides is 2. The fourth-order valence-corrected chi connectivity index (χ4v) is 2.54. The standard InChI is InChI=1S/C17H16BrClN2O4/c1-10(25-13-6-4-12(19)5-7-13)16(22)20-21-17(23)11-3-8-15(24-2)14(18)9-11/h3-10H,1-2H3,(H,20,22)(H,21,23). The Balaban J connectivity index is 1.89. The van der Waals surface area contributed by atoms with Crippen molar-refractivity contribution in [3.8, 4) is 11.5 Å². The van der Waals surface area contributed by atoms with Crippen LogP contribution in [0.15, 0.2) is 46.9 Å². The van der Waals surface area contributed by atoms with Gasteiger partial charge in [0.2, 0.25) is 0 Å². The molecule has 0 aliphatic carbocycles. The molecule has 6 nitrogen and oxygen atoms in total. The third-order valence-electron chi connectivity index (χ3n) is 3.21. The van der Waals surface area contributed by atoms with E-state index < -0.39 is 17.9 Å². The maximum absolute atomic E-state index is 12.1. The number of nitrogens with one attached hydrogen (secondary N) is 2. The van der Waals surface area contributed by atoms with Crippen molar-refractivity contribution in [2.45, 2.75) is 13.0 Å². The summed E-state index contributed by atoms with van der Waals surface area (Å²) in [5, 5.41) is 0.572. The molecule has 25 heavy (non-hydrogen) atoms. The summed E-state index contributed by atoms with van der Waals surface area (Å²) in [7, 11) is 1.53. The number of hydrogen-bond donors (Lipinski definition) is 2. The molecule has 2 amide bonds. The van der Waals surface area contributed by atoms with Crippen molar-refractivity contribution in [3.05, 3.63) is 57.5 Å². The van der Waals surface area contributed by atoms with Gasteiger partial charge in [-0.25, -0.2) is 0 Å². The van der Waals surface area contributed by atoms with Crippen LogP contribution in [0.3, 0.4) is 0 Å². The van der Waals surface area contributed by atoms with Gasteiger partial charge in [0.25, 0.3) is 11.8 Å². The van der Waals surface area contributed by atoms with Crippen LogP contribution < -0.4 is 20.3 Å². The lowest BCUT2D eigenvalue weighted by atomic mass is 10.2. The lowest BCUT2D eigenvalue weighted by Gasteiger charge is -2.15. The molecule has 2 aromatic rings. The van der Waals surface area contributed by atoms with Crippen molar-refractivity contribution < 1.29 is 19.1 Å². The summed E-state index contributed by atoms with van der Waals surface area (Å²) in [6.07, 6.45) is -0.802. The van der Waals surface area contributed by atoms with E-state index in [9.17, 15) is 9.59 Å². The normalized spacial score (nSPS) is 11.4. The molecule has 0 saturated heterocycles. The molecule has 0 bridgehead atoms. The number of carbonyl (C=O) groups excluding carboxylic acids is 2. The molecule has 0 aliphatic heterocycles.